The summed E-state index contributed by atoms with van der Waals surface area (Å²) in [7, 11) is 0. The van der Waals surface area contributed by atoms with Crippen LogP contribution in [-0.4, -0.2) is 26.4 Å². The summed E-state index contributed by atoms with van der Waals surface area (Å²) in [5.41, 5.74) is 1.35. The Labute approximate surface area is 114 Å². The lowest BCUT2D eigenvalue weighted by Crippen LogP contribution is -2.03. The number of nitrogens with zero attached hydrogens (tertiary/aromatic N) is 2. The van der Waals surface area contributed by atoms with E-state index in [2.05, 4.69) is 23.4 Å². The number of carboxylic acids is 1. The molecule has 2 aromatic heterocycles. The van der Waals surface area contributed by atoms with Gasteiger partial charge in [0.15, 0.2) is 5.16 Å². The van der Waals surface area contributed by atoms with Crippen molar-refractivity contribution in [3.63, 3.8) is 0 Å². The molecule has 6 heteroatoms. The fourth-order valence-corrected chi connectivity index (χ4v) is 3.31. The molecule has 2 heterocycles. The van der Waals surface area contributed by atoms with Gasteiger partial charge in [-0.25, -0.2) is 4.98 Å². The molecule has 96 valence electrons. The third-order valence-corrected chi connectivity index (χ3v) is 4.47. The highest BCUT2D eigenvalue weighted by molar-refractivity contribution is 7.99. The lowest BCUT2D eigenvalue weighted by Gasteiger charge is -2.06. The number of imidazole rings is 1. The molecule has 0 aliphatic rings. The third-order valence-electron chi connectivity index (χ3n) is 2.53. The minimum absolute atomic E-state index is 0.0437. The molecule has 4 nitrogen and oxygen atoms in total. The Hall–Kier alpha value is -1.27. The molecular formula is C12H14N2O2S2. The van der Waals surface area contributed by atoms with Crippen LogP contribution >= 0.6 is 23.1 Å². The van der Waals surface area contributed by atoms with Gasteiger partial charge in [-0.2, -0.15) is 0 Å². The zero-order chi connectivity index (χ0) is 13.0. The monoisotopic (exact) mass is 282 g/mol. The van der Waals surface area contributed by atoms with E-state index < -0.39 is 5.97 Å². The highest BCUT2D eigenvalue weighted by Gasteiger charge is 2.09. The molecule has 0 bridgehead atoms. The van der Waals surface area contributed by atoms with Crippen molar-refractivity contribution in [1.29, 1.82) is 0 Å². The SMILES string of the molecule is CCc1ccsc1Cn1ccnc1SCC(=O)O. The first-order valence-corrected chi connectivity index (χ1v) is 7.48. The molecule has 2 rings (SSSR count). The van der Waals surface area contributed by atoms with Gasteiger partial charge in [0.05, 0.1) is 12.3 Å². The van der Waals surface area contributed by atoms with Gasteiger partial charge in [0.2, 0.25) is 0 Å². The molecule has 0 radical (unpaired) electrons. The van der Waals surface area contributed by atoms with E-state index in [0.29, 0.717) is 0 Å². The summed E-state index contributed by atoms with van der Waals surface area (Å²) in [4.78, 5) is 16.1. The van der Waals surface area contributed by atoms with Crippen LogP contribution in [0.25, 0.3) is 0 Å². The summed E-state index contributed by atoms with van der Waals surface area (Å²) in [5.74, 6) is -0.776. The highest BCUT2D eigenvalue weighted by atomic mass is 32.2. The largest absolute Gasteiger partial charge is 0.481 e. The molecule has 0 saturated carbocycles. The zero-order valence-electron chi connectivity index (χ0n) is 10.00. The Morgan fingerprint density at radius 3 is 3.17 bits per heavy atom. The number of rotatable bonds is 6. The summed E-state index contributed by atoms with van der Waals surface area (Å²) in [6.07, 6.45) is 4.62. The number of carbonyl (C=O) groups is 1. The summed E-state index contributed by atoms with van der Waals surface area (Å²) in [5, 5.41) is 11.5. The van der Waals surface area contributed by atoms with Crippen LogP contribution in [0, 0.1) is 0 Å². The van der Waals surface area contributed by atoms with E-state index in [1.54, 1.807) is 17.5 Å². The summed E-state index contributed by atoms with van der Waals surface area (Å²) < 4.78 is 2.00. The van der Waals surface area contributed by atoms with Crippen LogP contribution in [0.1, 0.15) is 17.4 Å². The number of aryl methyl sites for hydroxylation is 1. The van der Waals surface area contributed by atoms with Crippen molar-refractivity contribution >= 4 is 29.1 Å². The lowest BCUT2D eigenvalue weighted by molar-refractivity contribution is -0.133. The second-order valence-electron chi connectivity index (χ2n) is 3.74. The summed E-state index contributed by atoms with van der Waals surface area (Å²) in [6.45, 7) is 2.91. The van der Waals surface area contributed by atoms with Crippen molar-refractivity contribution in [2.75, 3.05) is 5.75 Å². The van der Waals surface area contributed by atoms with Gasteiger partial charge in [-0.3, -0.25) is 4.79 Å². The van der Waals surface area contributed by atoms with Crippen LogP contribution in [-0.2, 0) is 17.8 Å². The van der Waals surface area contributed by atoms with E-state index in [9.17, 15) is 4.79 Å². The number of hydrogen-bond donors (Lipinski definition) is 1. The van der Waals surface area contributed by atoms with Crippen molar-refractivity contribution in [2.24, 2.45) is 0 Å². The van der Waals surface area contributed by atoms with Crippen molar-refractivity contribution in [1.82, 2.24) is 9.55 Å². The maximum Gasteiger partial charge on any atom is 0.313 e. The minimum atomic E-state index is -0.820. The smallest absolute Gasteiger partial charge is 0.313 e. The minimum Gasteiger partial charge on any atom is -0.481 e. The molecule has 0 aromatic carbocycles. The van der Waals surface area contributed by atoms with Crippen molar-refractivity contribution < 1.29 is 9.90 Å². The quantitative estimate of drug-likeness (QED) is 0.828. The fourth-order valence-electron chi connectivity index (χ4n) is 1.66. The van der Waals surface area contributed by atoms with Gasteiger partial charge in [0, 0.05) is 17.3 Å². The van der Waals surface area contributed by atoms with Crippen molar-refractivity contribution in [3.05, 3.63) is 34.3 Å². The first-order valence-electron chi connectivity index (χ1n) is 5.61. The van der Waals surface area contributed by atoms with Crippen molar-refractivity contribution in [2.45, 2.75) is 25.0 Å². The summed E-state index contributed by atoms with van der Waals surface area (Å²) in [6, 6.07) is 2.14. The van der Waals surface area contributed by atoms with Crippen LogP contribution in [0.3, 0.4) is 0 Å². The number of aromatic nitrogens is 2. The molecule has 2 aromatic rings. The topological polar surface area (TPSA) is 55.1 Å². The Balaban J connectivity index is 2.10. The molecule has 18 heavy (non-hydrogen) atoms. The number of thiophene rings is 1. The molecule has 0 fully saturated rings. The normalized spacial score (nSPS) is 10.7. The summed E-state index contributed by atoms with van der Waals surface area (Å²) >= 11 is 2.99. The maximum absolute atomic E-state index is 10.6. The van der Waals surface area contributed by atoms with Gasteiger partial charge in [-0.05, 0) is 23.4 Å². The van der Waals surface area contributed by atoms with E-state index in [1.165, 1.54) is 22.2 Å². The average Bonchev–Trinajstić information content (AvgIpc) is 2.96. The predicted molar refractivity (Wildman–Crippen MR) is 73.4 cm³/mol. The Morgan fingerprint density at radius 1 is 1.61 bits per heavy atom. The highest BCUT2D eigenvalue weighted by Crippen LogP contribution is 2.22. The Morgan fingerprint density at radius 2 is 2.44 bits per heavy atom. The molecule has 0 saturated heterocycles. The first-order chi connectivity index (χ1) is 8.70. The Bertz CT molecular complexity index is 534. The second kappa shape index (κ2) is 6.06. The van der Waals surface area contributed by atoms with Gasteiger partial charge < -0.3 is 9.67 Å². The number of aliphatic carboxylic acids is 1. The third kappa shape index (κ3) is 3.14. The lowest BCUT2D eigenvalue weighted by atomic mass is 10.2. The van der Waals surface area contributed by atoms with E-state index in [4.69, 9.17) is 5.11 Å². The molecule has 1 N–H and O–H groups in total. The zero-order valence-corrected chi connectivity index (χ0v) is 11.6. The van der Waals surface area contributed by atoms with Crippen LogP contribution in [0.15, 0.2) is 29.0 Å². The fraction of sp³-hybridized carbons (Fsp3) is 0.333. The molecule has 0 amide bonds. The van der Waals surface area contributed by atoms with Crippen LogP contribution < -0.4 is 0 Å². The molecule has 0 atom stereocenters. The van der Waals surface area contributed by atoms with Gasteiger partial charge in [0.1, 0.15) is 0 Å². The van der Waals surface area contributed by atoms with Crippen LogP contribution in [0.5, 0.6) is 0 Å². The van der Waals surface area contributed by atoms with Crippen molar-refractivity contribution in [3.8, 4) is 0 Å². The molecule has 0 unspecified atom stereocenters. The average molecular weight is 282 g/mol. The van der Waals surface area contributed by atoms with Gasteiger partial charge in [0.25, 0.3) is 0 Å². The van der Waals surface area contributed by atoms with Gasteiger partial charge in [-0.1, -0.05) is 18.7 Å². The first kappa shape index (κ1) is 13.2. The van der Waals surface area contributed by atoms with Crippen LogP contribution in [0.2, 0.25) is 0 Å². The standard InChI is InChI=1S/C12H14N2O2S2/c1-2-9-3-6-17-10(9)7-14-5-4-13-12(14)18-8-11(15)16/h3-6H,2,7-8H2,1H3,(H,15,16). The number of thioether (sulfide) groups is 1. The number of carboxylic acid groups (broad SMARTS) is 1. The van der Waals surface area contributed by atoms with E-state index in [-0.39, 0.29) is 5.75 Å². The van der Waals surface area contributed by atoms with Gasteiger partial charge >= 0.3 is 5.97 Å². The molecule has 0 spiro atoms. The predicted octanol–water partition coefficient (Wildman–Crippen LogP) is 2.73. The second-order valence-corrected chi connectivity index (χ2v) is 5.69. The molecule has 0 aliphatic heterocycles. The van der Waals surface area contributed by atoms with E-state index in [0.717, 1.165) is 18.1 Å². The number of hydrogen-bond acceptors (Lipinski definition) is 4. The molecular weight excluding hydrogens is 268 g/mol. The maximum atomic E-state index is 10.6. The van der Waals surface area contributed by atoms with Crippen LogP contribution in [0.4, 0.5) is 0 Å². The van der Waals surface area contributed by atoms with Gasteiger partial charge in [-0.15, -0.1) is 11.3 Å². The Kier molecular flexibility index (Phi) is 4.43. The van der Waals surface area contributed by atoms with E-state index >= 15 is 0 Å². The van der Waals surface area contributed by atoms with E-state index in [1.807, 2.05) is 10.8 Å². The molecule has 0 aliphatic carbocycles.